The molecule has 29 heavy (non-hydrogen) atoms. The van der Waals surface area contributed by atoms with Crippen LogP contribution in [0.1, 0.15) is 36.9 Å². The molecular formula is C19H26FN7OS. The van der Waals surface area contributed by atoms with Gasteiger partial charge in [-0.05, 0) is 44.2 Å². The van der Waals surface area contributed by atoms with Crippen molar-refractivity contribution in [1.82, 2.24) is 15.0 Å². The Morgan fingerprint density at radius 3 is 2.97 bits per heavy atom. The van der Waals surface area contributed by atoms with E-state index < -0.39 is 5.82 Å². The zero-order chi connectivity index (χ0) is 20.8. The molecule has 2 heterocycles. The monoisotopic (exact) mass is 419 g/mol. The highest BCUT2D eigenvalue weighted by molar-refractivity contribution is 8.13. The number of nitrogen functional groups attached to an aromatic ring is 1. The summed E-state index contributed by atoms with van der Waals surface area (Å²) in [4.78, 5) is 12.3. The molecule has 0 radical (unpaired) electrons. The van der Waals surface area contributed by atoms with Crippen LogP contribution in [0.3, 0.4) is 0 Å². The minimum Gasteiger partial charge on any atom is -0.475 e. The van der Waals surface area contributed by atoms with Crippen molar-refractivity contribution in [3.8, 4) is 5.88 Å². The van der Waals surface area contributed by atoms with E-state index in [4.69, 9.17) is 16.3 Å². The van der Waals surface area contributed by atoms with E-state index in [-0.39, 0.29) is 17.6 Å². The van der Waals surface area contributed by atoms with Crippen LogP contribution in [0.5, 0.6) is 5.88 Å². The Morgan fingerprint density at radius 1 is 1.41 bits per heavy atom. The van der Waals surface area contributed by atoms with Gasteiger partial charge in [0.05, 0.1) is 11.7 Å². The topological polar surface area (TPSA) is 124 Å². The molecule has 0 saturated heterocycles. The molecule has 2 unspecified atom stereocenters. The number of hydrogen-bond donors (Lipinski definition) is 3. The molecule has 5 N–H and O–H groups in total. The van der Waals surface area contributed by atoms with E-state index in [1.54, 1.807) is 6.92 Å². The van der Waals surface area contributed by atoms with Gasteiger partial charge in [0.2, 0.25) is 11.8 Å². The van der Waals surface area contributed by atoms with Crippen LogP contribution in [0.2, 0.25) is 0 Å². The lowest BCUT2D eigenvalue weighted by Crippen LogP contribution is -2.13. The molecule has 0 aromatic carbocycles. The lowest BCUT2D eigenvalue weighted by Gasteiger charge is -2.11. The molecule has 2 aromatic heterocycles. The number of ether oxygens (including phenoxy) is 1. The molecule has 1 aliphatic rings. The standard InChI is InChI=1S/C19H26FN7OS/c1-11-3-4-15(24-10-11)14-9-13(14)5-7-28-18-16(20)17(25-19(21)26-18)23-6-8-29-12(2)27-22/h3-4,10,13-14H,5-9,22H2,1-2H3,(H3,21,23,25,26). The maximum atomic E-state index is 14.6. The molecule has 1 aliphatic carbocycles. The number of nitrogens with one attached hydrogen (secondary N) is 1. The third-order valence-electron chi connectivity index (χ3n) is 4.69. The van der Waals surface area contributed by atoms with Crippen molar-refractivity contribution >= 4 is 28.6 Å². The molecule has 1 saturated carbocycles. The molecule has 2 atom stereocenters. The normalized spacial score (nSPS) is 18.5. The highest BCUT2D eigenvalue weighted by Gasteiger charge is 2.38. The lowest BCUT2D eigenvalue weighted by molar-refractivity contribution is 0.275. The lowest BCUT2D eigenvalue weighted by atomic mass is 10.1. The van der Waals surface area contributed by atoms with Crippen LogP contribution in [-0.2, 0) is 0 Å². The van der Waals surface area contributed by atoms with Gasteiger partial charge >= 0.3 is 0 Å². The highest BCUT2D eigenvalue weighted by Crippen LogP contribution is 2.48. The smallest absolute Gasteiger partial charge is 0.257 e. The predicted molar refractivity (Wildman–Crippen MR) is 115 cm³/mol. The first-order valence-electron chi connectivity index (χ1n) is 9.47. The van der Waals surface area contributed by atoms with Crippen molar-refractivity contribution in [3.05, 3.63) is 35.4 Å². The fourth-order valence-corrected chi connectivity index (χ4v) is 3.57. The highest BCUT2D eigenvalue weighted by atomic mass is 32.2. The SMILES string of the molecule is CC(=NN)SCCNc1nc(N)nc(OCCC2CC2c2ccc(C)cn2)c1F. The summed E-state index contributed by atoms with van der Waals surface area (Å²) in [7, 11) is 0. The molecule has 10 heteroatoms. The predicted octanol–water partition coefficient (Wildman–Crippen LogP) is 2.91. The second kappa shape index (κ2) is 9.73. The zero-order valence-electron chi connectivity index (χ0n) is 16.6. The molecule has 156 valence electrons. The van der Waals surface area contributed by atoms with Crippen molar-refractivity contribution in [2.45, 2.75) is 32.6 Å². The van der Waals surface area contributed by atoms with Crippen LogP contribution in [-0.4, -0.2) is 38.9 Å². The van der Waals surface area contributed by atoms with Crippen LogP contribution in [0.4, 0.5) is 16.2 Å². The Balaban J connectivity index is 1.48. The second-order valence-corrected chi connectivity index (χ2v) is 8.26. The van der Waals surface area contributed by atoms with Crippen LogP contribution in [0.15, 0.2) is 23.4 Å². The number of anilines is 2. The first-order chi connectivity index (χ1) is 14.0. The van der Waals surface area contributed by atoms with Crippen molar-refractivity contribution < 1.29 is 9.13 Å². The van der Waals surface area contributed by atoms with Crippen molar-refractivity contribution in [3.63, 3.8) is 0 Å². The molecule has 3 rings (SSSR count). The third-order valence-corrected chi connectivity index (χ3v) is 5.62. The third kappa shape index (κ3) is 5.93. The number of rotatable bonds is 9. The average Bonchev–Trinajstić information content (AvgIpc) is 3.48. The van der Waals surface area contributed by atoms with Crippen molar-refractivity contribution in [1.29, 1.82) is 0 Å². The summed E-state index contributed by atoms with van der Waals surface area (Å²) in [6.45, 7) is 4.66. The summed E-state index contributed by atoms with van der Waals surface area (Å²) >= 11 is 1.46. The number of hydrogen-bond acceptors (Lipinski definition) is 9. The van der Waals surface area contributed by atoms with Crippen LogP contribution in [0.25, 0.3) is 0 Å². The number of aromatic nitrogens is 3. The van der Waals surface area contributed by atoms with E-state index in [1.807, 2.05) is 13.1 Å². The van der Waals surface area contributed by atoms with Gasteiger partial charge in [-0.3, -0.25) is 4.98 Å². The van der Waals surface area contributed by atoms with Gasteiger partial charge in [-0.1, -0.05) is 6.07 Å². The van der Waals surface area contributed by atoms with Gasteiger partial charge in [0.1, 0.15) is 0 Å². The fraction of sp³-hybridized carbons (Fsp3) is 0.474. The average molecular weight is 420 g/mol. The van der Waals surface area contributed by atoms with E-state index in [0.717, 1.165) is 29.1 Å². The minimum absolute atomic E-state index is 0.0311. The van der Waals surface area contributed by atoms with Gasteiger partial charge in [-0.15, -0.1) is 11.8 Å². The summed E-state index contributed by atoms with van der Waals surface area (Å²) in [5.74, 6) is 6.01. The molecule has 0 bridgehead atoms. The van der Waals surface area contributed by atoms with Crippen molar-refractivity contribution in [2.75, 3.05) is 30.0 Å². The van der Waals surface area contributed by atoms with E-state index in [1.165, 1.54) is 11.8 Å². The van der Waals surface area contributed by atoms with E-state index >= 15 is 0 Å². The molecule has 8 nitrogen and oxygen atoms in total. The Hall–Kier alpha value is -2.62. The molecule has 0 spiro atoms. The van der Waals surface area contributed by atoms with E-state index in [0.29, 0.717) is 30.7 Å². The van der Waals surface area contributed by atoms with Gasteiger partial charge in [0.15, 0.2) is 5.82 Å². The van der Waals surface area contributed by atoms with Crippen molar-refractivity contribution in [2.24, 2.45) is 16.9 Å². The summed E-state index contributed by atoms with van der Waals surface area (Å²) in [6, 6.07) is 4.15. The van der Waals surface area contributed by atoms with Crippen LogP contribution >= 0.6 is 11.8 Å². The van der Waals surface area contributed by atoms with E-state index in [2.05, 4.69) is 37.5 Å². The maximum Gasteiger partial charge on any atom is 0.257 e. The zero-order valence-corrected chi connectivity index (χ0v) is 17.4. The minimum atomic E-state index is -0.638. The molecule has 1 fully saturated rings. The Bertz CT molecular complexity index is 862. The quantitative estimate of drug-likeness (QED) is 0.186. The second-order valence-electron chi connectivity index (χ2n) is 6.97. The fourth-order valence-electron chi connectivity index (χ4n) is 3.00. The molecule has 0 aliphatic heterocycles. The summed E-state index contributed by atoms with van der Waals surface area (Å²) in [6.07, 6.45) is 3.77. The van der Waals surface area contributed by atoms with Gasteiger partial charge in [-0.25, -0.2) is 0 Å². The number of halogens is 1. The van der Waals surface area contributed by atoms with Gasteiger partial charge in [0.25, 0.3) is 5.88 Å². The molecule has 2 aromatic rings. The maximum absolute atomic E-state index is 14.6. The van der Waals surface area contributed by atoms with Gasteiger partial charge in [-0.2, -0.15) is 19.5 Å². The largest absolute Gasteiger partial charge is 0.475 e. The number of nitrogens with two attached hydrogens (primary N) is 2. The van der Waals surface area contributed by atoms with Crippen LogP contribution in [0, 0.1) is 18.7 Å². The summed E-state index contributed by atoms with van der Waals surface area (Å²) in [5.41, 5.74) is 7.96. The number of aryl methyl sites for hydroxylation is 1. The molecule has 0 amide bonds. The van der Waals surface area contributed by atoms with Gasteiger partial charge < -0.3 is 21.6 Å². The first kappa shape index (κ1) is 21.1. The number of thioether (sulfide) groups is 1. The number of hydrazone groups is 1. The Kier molecular flexibility index (Phi) is 7.08. The van der Waals surface area contributed by atoms with Gasteiger partial charge in [0, 0.05) is 30.1 Å². The number of pyridine rings is 1. The Labute approximate surface area is 173 Å². The first-order valence-corrected chi connectivity index (χ1v) is 10.5. The van der Waals surface area contributed by atoms with Crippen LogP contribution < -0.4 is 21.6 Å². The Morgan fingerprint density at radius 2 is 2.24 bits per heavy atom. The summed E-state index contributed by atoms with van der Waals surface area (Å²) in [5, 5.41) is 7.22. The summed E-state index contributed by atoms with van der Waals surface area (Å²) < 4.78 is 20.2. The molecular weight excluding hydrogens is 393 g/mol. The van der Waals surface area contributed by atoms with E-state index in [9.17, 15) is 4.39 Å². The number of nitrogens with zero attached hydrogens (tertiary/aromatic N) is 4.